The number of rotatable bonds is 10. The number of para-hydroxylation sites is 1. The summed E-state index contributed by atoms with van der Waals surface area (Å²) in [5.74, 6) is -0.0435. The highest BCUT2D eigenvalue weighted by atomic mass is 19.1. The zero-order valence-corrected chi connectivity index (χ0v) is 22.5. The highest BCUT2D eigenvalue weighted by molar-refractivity contribution is 5.96. The Kier molecular flexibility index (Phi) is 9.49. The van der Waals surface area contributed by atoms with Crippen molar-refractivity contribution in [2.75, 3.05) is 6.54 Å². The van der Waals surface area contributed by atoms with E-state index in [1.165, 1.54) is 36.4 Å². The maximum absolute atomic E-state index is 13.1. The lowest BCUT2D eigenvalue weighted by Gasteiger charge is -2.25. The van der Waals surface area contributed by atoms with Gasteiger partial charge in [-0.15, -0.1) is 0 Å². The van der Waals surface area contributed by atoms with Gasteiger partial charge in [0.15, 0.2) is 0 Å². The van der Waals surface area contributed by atoms with Gasteiger partial charge in [-0.3, -0.25) is 4.79 Å². The summed E-state index contributed by atoms with van der Waals surface area (Å²) in [6, 6.07) is 22.4. The SMILES string of the molecule is CC(C)NC(=O)NC(CNC(=O)c1ccccc1O)C(O)c1cccc(-c2ccc(Oc3ccc(F)cc3)cc2)n1. The second-order valence-electron chi connectivity index (χ2n) is 9.58. The molecule has 0 bridgehead atoms. The lowest BCUT2D eigenvalue weighted by Crippen LogP contribution is -2.51. The van der Waals surface area contributed by atoms with E-state index in [1.807, 2.05) is 0 Å². The van der Waals surface area contributed by atoms with Gasteiger partial charge in [-0.25, -0.2) is 14.2 Å². The van der Waals surface area contributed by atoms with Crippen molar-refractivity contribution in [2.45, 2.75) is 32.0 Å². The number of nitrogens with zero attached hydrogens (tertiary/aromatic N) is 1. The number of carbonyl (C=O) groups is 2. The quantitative estimate of drug-likeness (QED) is 0.188. The van der Waals surface area contributed by atoms with Crippen LogP contribution >= 0.6 is 0 Å². The van der Waals surface area contributed by atoms with Gasteiger partial charge in [0, 0.05) is 18.2 Å². The first kappa shape index (κ1) is 29.0. The second kappa shape index (κ2) is 13.4. The van der Waals surface area contributed by atoms with Crippen LogP contribution in [-0.2, 0) is 0 Å². The Morgan fingerprint density at radius 3 is 2.20 bits per heavy atom. The number of benzene rings is 3. The predicted molar refractivity (Wildman–Crippen MR) is 152 cm³/mol. The van der Waals surface area contributed by atoms with E-state index in [-0.39, 0.29) is 35.4 Å². The first-order valence-electron chi connectivity index (χ1n) is 13.0. The van der Waals surface area contributed by atoms with Crippen molar-refractivity contribution in [1.82, 2.24) is 20.9 Å². The van der Waals surface area contributed by atoms with Crippen molar-refractivity contribution in [3.05, 3.63) is 108 Å². The van der Waals surface area contributed by atoms with Gasteiger partial charge >= 0.3 is 6.03 Å². The van der Waals surface area contributed by atoms with Crippen molar-refractivity contribution >= 4 is 11.9 Å². The van der Waals surface area contributed by atoms with Gasteiger partial charge in [0.1, 0.15) is 29.2 Å². The number of halogens is 1. The Balaban J connectivity index is 1.50. The highest BCUT2D eigenvalue weighted by Crippen LogP contribution is 2.26. The van der Waals surface area contributed by atoms with Crippen molar-refractivity contribution < 1.29 is 28.9 Å². The molecule has 3 aromatic carbocycles. The maximum atomic E-state index is 13.1. The molecule has 41 heavy (non-hydrogen) atoms. The molecule has 4 aromatic rings. The fourth-order valence-corrected chi connectivity index (χ4v) is 3.99. The zero-order chi connectivity index (χ0) is 29.4. The summed E-state index contributed by atoms with van der Waals surface area (Å²) in [6.07, 6.45) is -1.28. The molecule has 0 aliphatic rings. The molecule has 0 radical (unpaired) electrons. The Morgan fingerprint density at radius 2 is 1.54 bits per heavy atom. The summed E-state index contributed by atoms with van der Waals surface area (Å²) in [5, 5.41) is 29.3. The van der Waals surface area contributed by atoms with E-state index in [0.29, 0.717) is 17.2 Å². The summed E-state index contributed by atoms with van der Waals surface area (Å²) in [5.41, 5.74) is 1.67. The van der Waals surface area contributed by atoms with Crippen molar-refractivity contribution in [3.63, 3.8) is 0 Å². The second-order valence-corrected chi connectivity index (χ2v) is 9.58. The molecule has 2 atom stereocenters. The Morgan fingerprint density at radius 1 is 0.878 bits per heavy atom. The van der Waals surface area contributed by atoms with Gasteiger partial charge in [-0.2, -0.15) is 0 Å². The van der Waals surface area contributed by atoms with E-state index in [9.17, 15) is 24.2 Å². The van der Waals surface area contributed by atoms with Gasteiger partial charge in [0.25, 0.3) is 5.91 Å². The summed E-state index contributed by atoms with van der Waals surface area (Å²) in [6.45, 7) is 3.46. The Bertz CT molecular complexity index is 1480. The summed E-state index contributed by atoms with van der Waals surface area (Å²) < 4.78 is 18.9. The number of aliphatic hydroxyl groups is 1. The van der Waals surface area contributed by atoms with Crippen LogP contribution in [0, 0.1) is 5.82 Å². The fraction of sp³-hybridized carbons (Fsp3) is 0.194. The van der Waals surface area contributed by atoms with Crippen LogP contribution in [0.4, 0.5) is 9.18 Å². The fourth-order valence-electron chi connectivity index (χ4n) is 3.99. The van der Waals surface area contributed by atoms with E-state index < -0.39 is 24.1 Å². The summed E-state index contributed by atoms with van der Waals surface area (Å²) in [7, 11) is 0. The van der Waals surface area contributed by atoms with Gasteiger partial charge in [-0.05, 0) is 86.6 Å². The normalized spacial score (nSPS) is 12.3. The molecule has 4 rings (SSSR count). The number of hydrogen-bond donors (Lipinski definition) is 5. The van der Waals surface area contributed by atoms with Crippen molar-refractivity contribution in [3.8, 4) is 28.5 Å². The number of aromatic nitrogens is 1. The number of hydrogen-bond acceptors (Lipinski definition) is 6. The van der Waals surface area contributed by atoms with E-state index in [4.69, 9.17) is 4.74 Å². The number of nitrogens with one attached hydrogen (secondary N) is 3. The van der Waals surface area contributed by atoms with Crippen LogP contribution in [0.2, 0.25) is 0 Å². The average molecular weight is 559 g/mol. The Labute approximate surface area is 237 Å². The smallest absolute Gasteiger partial charge is 0.315 e. The minimum atomic E-state index is -1.28. The van der Waals surface area contributed by atoms with E-state index in [0.717, 1.165) is 5.56 Å². The molecule has 5 N–H and O–H groups in total. The first-order valence-corrected chi connectivity index (χ1v) is 13.0. The van der Waals surface area contributed by atoms with Crippen molar-refractivity contribution in [1.29, 1.82) is 0 Å². The van der Waals surface area contributed by atoms with E-state index >= 15 is 0 Å². The molecule has 3 amide bonds. The molecule has 0 saturated heterocycles. The molecule has 0 fully saturated rings. The monoisotopic (exact) mass is 558 g/mol. The molecule has 0 spiro atoms. The van der Waals surface area contributed by atoms with Gasteiger partial charge in [-0.1, -0.05) is 18.2 Å². The van der Waals surface area contributed by atoms with Crippen LogP contribution < -0.4 is 20.7 Å². The molecule has 9 nitrogen and oxygen atoms in total. The van der Waals surface area contributed by atoms with Crippen LogP contribution in [0.25, 0.3) is 11.3 Å². The minimum Gasteiger partial charge on any atom is -0.507 e. The molecule has 1 heterocycles. The third-order valence-corrected chi connectivity index (χ3v) is 6.02. The van der Waals surface area contributed by atoms with Gasteiger partial charge in [0.05, 0.1) is 23.0 Å². The van der Waals surface area contributed by atoms with E-state index in [1.54, 1.807) is 68.4 Å². The number of aromatic hydroxyl groups is 1. The van der Waals surface area contributed by atoms with Crippen LogP contribution in [0.5, 0.6) is 17.2 Å². The number of aliphatic hydroxyl groups excluding tert-OH is 1. The maximum Gasteiger partial charge on any atom is 0.315 e. The lowest BCUT2D eigenvalue weighted by molar-refractivity contribution is 0.0912. The third-order valence-electron chi connectivity index (χ3n) is 6.02. The van der Waals surface area contributed by atoms with E-state index in [2.05, 4.69) is 20.9 Å². The zero-order valence-electron chi connectivity index (χ0n) is 22.5. The molecule has 0 saturated carbocycles. The number of ether oxygens (including phenoxy) is 1. The molecule has 10 heteroatoms. The lowest BCUT2D eigenvalue weighted by atomic mass is 10.0. The average Bonchev–Trinajstić information content (AvgIpc) is 2.96. The molecule has 0 aliphatic heterocycles. The van der Waals surface area contributed by atoms with Crippen LogP contribution in [0.1, 0.15) is 36.0 Å². The number of phenols is 1. The first-order chi connectivity index (χ1) is 19.7. The Hall–Kier alpha value is -4.96. The number of pyridine rings is 1. The highest BCUT2D eigenvalue weighted by Gasteiger charge is 2.26. The summed E-state index contributed by atoms with van der Waals surface area (Å²) in [4.78, 5) is 29.8. The summed E-state index contributed by atoms with van der Waals surface area (Å²) >= 11 is 0. The topological polar surface area (TPSA) is 133 Å². The predicted octanol–water partition coefficient (Wildman–Crippen LogP) is 4.93. The van der Waals surface area contributed by atoms with Gasteiger partial charge < -0.3 is 30.9 Å². The van der Waals surface area contributed by atoms with Crippen LogP contribution in [0.15, 0.2) is 91.0 Å². The molecule has 212 valence electrons. The number of urea groups is 1. The minimum absolute atomic E-state index is 0.0688. The van der Waals surface area contributed by atoms with Gasteiger partial charge in [0.2, 0.25) is 0 Å². The number of amides is 3. The van der Waals surface area contributed by atoms with Crippen molar-refractivity contribution in [2.24, 2.45) is 0 Å². The molecule has 2 unspecified atom stereocenters. The molecular formula is C31H31FN4O5. The number of phenolic OH excluding ortho intramolecular Hbond substituents is 1. The molecule has 0 aliphatic carbocycles. The molecule has 1 aromatic heterocycles. The number of carbonyl (C=O) groups excluding carboxylic acids is 2. The third kappa shape index (κ3) is 8.02. The standard InChI is InChI=1S/C31H31FN4O5/c1-19(2)34-31(40)36-27(18-33-30(39)24-6-3-4-9-28(24)37)29(38)26-8-5-7-25(35-26)20-10-14-22(15-11-20)41-23-16-12-21(32)13-17-23/h3-17,19,27,29,37-38H,18H2,1-2H3,(H,33,39)(H2,34,36,40). The molecular weight excluding hydrogens is 527 g/mol. The van der Waals surface area contributed by atoms with Crippen LogP contribution in [0.3, 0.4) is 0 Å². The van der Waals surface area contributed by atoms with Crippen LogP contribution in [-0.4, -0.2) is 45.8 Å². The largest absolute Gasteiger partial charge is 0.507 e.